The molecule has 3 N–H and O–H groups in total. The summed E-state index contributed by atoms with van der Waals surface area (Å²) in [6.45, 7) is 4.16. The highest BCUT2D eigenvalue weighted by atomic mass is 16.5. The lowest BCUT2D eigenvalue weighted by molar-refractivity contribution is 0.0642. The molecule has 102 valence electrons. The van der Waals surface area contributed by atoms with Gasteiger partial charge in [0.25, 0.3) is 0 Å². The van der Waals surface area contributed by atoms with Gasteiger partial charge in [0.2, 0.25) is 5.88 Å². The molecule has 1 aromatic heterocycles. The highest BCUT2D eigenvalue weighted by Crippen LogP contribution is 2.12. The topological polar surface area (TPSA) is 91.5 Å². The predicted octanol–water partition coefficient (Wildman–Crippen LogP) is 0.503. The third kappa shape index (κ3) is 5.76. The van der Waals surface area contributed by atoms with E-state index in [9.17, 15) is 0 Å². The van der Waals surface area contributed by atoms with E-state index in [-0.39, 0.29) is 0 Å². The Labute approximate surface area is 107 Å². The van der Waals surface area contributed by atoms with Crippen LogP contribution in [0.25, 0.3) is 0 Å². The van der Waals surface area contributed by atoms with Crippen LogP contribution in [0.5, 0.6) is 5.88 Å². The number of hydrogen-bond acceptors (Lipinski definition) is 7. The number of hydrazine groups is 1. The maximum absolute atomic E-state index is 5.48. The zero-order valence-corrected chi connectivity index (χ0v) is 10.8. The number of rotatable bonds is 9. The molecule has 0 aliphatic carbocycles. The van der Waals surface area contributed by atoms with E-state index in [0.717, 1.165) is 6.42 Å². The number of nitrogen functional groups attached to an aromatic ring is 1. The molecule has 0 amide bonds. The summed E-state index contributed by atoms with van der Waals surface area (Å²) in [5.41, 5.74) is 2.46. The monoisotopic (exact) mass is 256 g/mol. The Hall–Kier alpha value is -1.44. The van der Waals surface area contributed by atoms with Crippen LogP contribution >= 0.6 is 0 Å². The van der Waals surface area contributed by atoms with E-state index in [1.807, 2.05) is 0 Å². The average Bonchev–Trinajstić information content (AvgIpc) is 2.37. The Morgan fingerprint density at radius 3 is 2.78 bits per heavy atom. The van der Waals surface area contributed by atoms with Gasteiger partial charge in [0, 0.05) is 26.2 Å². The first-order valence-corrected chi connectivity index (χ1v) is 5.78. The van der Waals surface area contributed by atoms with E-state index in [1.54, 1.807) is 20.1 Å². The summed E-state index contributed by atoms with van der Waals surface area (Å²) in [6.07, 6.45) is 0.790. The van der Waals surface area contributed by atoms with Gasteiger partial charge in [-0.15, -0.1) is 0 Å². The molecule has 0 fully saturated rings. The third-order valence-electron chi connectivity index (χ3n) is 2.08. The van der Waals surface area contributed by atoms with E-state index in [0.29, 0.717) is 43.9 Å². The van der Waals surface area contributed by atoms with Crippen molar-refractivity contribution >= 4 is 5.82 Å². The van der Waals surface area contributed by atoms with Gasteiger partial charge in [-0.25, -0.2) is 10.8 Å². The van der Waals surface area contributed by atoms with Crippen LogP contribution in [0.4, 0.5) is 5.82 Å². The molecular formula is C11H20N4O3. The van der Waals surface area contributed by atoms with Gasteiger partial charge < -0.3 is 19.6 Å². The van der Waals surface area contributed by atoms with Crippen molar-refractivity contribution in [2.45, 2.75) is 13.3 Å². The number of aromatic nitrogens is 2. The number of nitrogens with two attached hydrogens (primary N) is 1. The van der Waals surface area contributed by atoms with Crippen molar-refractivity contribution < 1.29 is 14.2 Å². The fourth-order valence-electron chi connectivity index (χ4n) is 1.27. The molecule has 0 spiro atoms. The van der Waals surface area contributed by atoms with Crippen molar-refractivity contribution in [3.8, 4) is 5.88 Å². The van der Waals surface area contributed by atoms with Crippen molar-refractivity contribution in [3.63, 3.8) is 0 Å². The highest BCUT2D eigenvalue weighted by Gasteiger charge is 2.01. The van der Waals surface area contributed by atoms with Crippen molar-refractivity contribution in [1.82, 2.24) is 9.97 Å². The zero-order chi connectivity index (χ0) is 13.2. The Kier molecular flexibility index (Phi) is 7.00. The summed E-state index contributed by atoms with van der Waals surface area (Å²) < 4.78 is 15.7. The van der Waals surface area contributed by atoms with Crippen molar-refractivity contribution in [3.05, 3.63) is 11.9 Å². The van der Waals surface area contributed by atoms with E-state index >= 15 is 0 Å². The number of nitrogens with zero attached hydrogens (tertiary/aromatic N) is 2. The lowest BCUT2D eigenvalue weighted by Crippen LogP contribution is -2.11. The minimum atomic E-state index is 0.507. The van der Waals surface area contributed by atoms with Crippen molar-refractivity contribution in [2.24, 2.45) is 5.84 Å². The predicted molar refractivity (Wildman–Crippen MR) is 67.4 cm³/mol. The van der Waals surface area contributed by atoms with Crippen LogP contribution in [0.15, 0.2) is 6.07 Å². The second-order valence-electron chi connectivity index (χ2n) is 3.59. The fraction of sp³-hybridized carbons (Fsp3) is 0.636. The molecule has 0 bridgehead atoms. The third-order valence-corrected chi connectivity index (χ3v) is 2.08. The van der Waals surface area contributed by atoms with Crippen molar-refractivity contribution in [1.29, 1.82) is 0 Å². The molecule has 18 heavy (non-hydrogen) atoms. The van der Waals surface area contributed by atoms with Crippen LogP contribution in [0, 0.1) is 6.92 Å². The molecule has 7 nitrogen and oxygen atoms in total. The van der Waals surface area contributed by atoms with Crippen LogP contribution in [0.1, 0.15) is 12.2 Å². The van der Waals surface area contributed by atoms with Crippen LogP contribution < -0.4 is 16.0 Å². The minimum absolute atomic E-state index is 0.507. The standard InChI is InChI=1S/C11H20N4O3/c1-9-13-10(15-12)8-11(14-9)18-5-3-4-17-7-6-16-2/h8H,3-7,12H2,1-2H3,(H,13,14,15). The van der Waals surface area contributed by atoms with E-state index in [1.165, 1.54) is 0 Å². The second kappa shape index (κ2) is 8.62. The Balaban J connectivity index is 2.20. The molecule has 0 aromatic carbocycles. The molecule has 0 atom stereocenters. The van der Waals surface area contributed by atoms with Gasteiger partial charge >= 0.3 is 0 Å². The summed E-state index contributed by atoms with van der Waals surface area (Å²) in [6, 6.07) is 1.65. The molecule has 0 saturated heterocycles. The lowest BCUT2D eigenvalue weighted by Gasteiger charge is -2.08. The number of anilines is 1. The first-order chi connectivity index (χ1) is 8.76. The van der Waals surface area contributed by atoms with Gasteiger partial charge in [-0.05, 0) is 6.92 Å². The number of methoxy groups -OCH3 is 1. The molecule has 7 heteroatoms. The molecule has 0 aliphatic heterocycles. The Morgan fingerprint density at radius 1 is 1.22 bits per heavy atom. The summed E-state index contributed by atoms with van der Waals surface area (Å²) >= 11 is 0. The zero-order valence-electron chi connectivity index (χ0n) is 10.8. The van der Waals surface area contributed by atoms with Crippen molar-refractivity contribution in [2.75, 3.05) is 39.0 Å². The molecule has 0 saturated carbocycles. The largest absolute Gasteiger partial charge is 0.477 e. The van der Waals surface area contributed by atoms with E-state index < -0.39 is 0 Å². The maximum Gasteiger partial charge on any atom is 0.218 e. The highest BCUT2D eigenvalue weighted by molar-refractivity contribution is 5.36. The van der Waals surface area contributed by atoms with Crippen LogP contribution in [0.3, 0.4) is 0 Å². The van der Waals surface area contributed by atoms with Gasteiger partial charge in [0.15, 0.2) is 0 Å². The molecule has 1 heterocycles. The van der Waals surface area contributed by atoms with E-state index in [4.69, 9.17) is 20.1 Å². The fourth-order valence-corrected chi connectivity index (χ4v) is 1.27. The Morgan fingerprint density at radius 2 is 2.06 bits per heavy atom. The van der Waals surface area contributed by atoms with Crippen LogP contribution in [-0.2, 0) is 9.47 Å². The maximum atomic E-state index is 5.48. The summed E-state index contributed by atoms with van der Waals surface area (Å²) in [7, 11) is 1.65. The molecule has 1 aromatic rings. The van der Waals surface area contributed by atoms with Gasteiger partial charge in [0.05, 0.1) is 19.8 Å². The first kappa shape index (κ1) is 14.6. The smallest absolute Gasteiger partial charge is 0.218 e. The first-order valence-electron chi connectivity index (χ1n) is 5.78. The van der Waals surface area contributed by atoms with Gasteiger partial charge in [-0.2, -0.15) is 4.98 Å². The second-order valence-corrected chi connectivity index (χ2v) is 3.59. The van der Waals surface area contributed by atoms with Gasteiger partial charge in [0.1, 0.15) is 11.6 Å². The number of ether oxygens (including phenoxy) is 3. The molecule has 0 unspecified atom stereocenters. The average molecular weight is 256 g/mol. The summed E-state index contributed by atoms with van der Waals surface area (Å²) in [4.78, 5) is 8.20. The molecule has 1 rings (SSSR count). The van der Waals surface area contributed by atoms with Gasteiger partial charge in [-0.3, -0.25) is 0 Å². The van der Waals surface area contributed by atoms with Crippen LogP contribution in [0.2, 0.25) is 0 Å². The van der Waals surface area contributed by atoms with Crippen LogP contribution in [-0.4, -0.2) is 43.5 Å². The van der Waals surface area contributed by atoms with E-state index in [2.05, 4.69) is 15.4 Å². The number of hydrogen-bond donors (Lipinski definition) is 2. The number of nitrogens with one attached hydrogen (secondary N) is 1. The quantitative estimate of drug-likeness (QED) is 0.377. The molecular weight excluding hydrogens is 236 g/mol. The van der Waals surface area contributed by atoms with Gasteiger partial charge in [-0.1, -0.05) is 0 Å². The Bertz CT molecular complexity index is 349. The molecule has 0 aliphatic rings. The SMILES string of the molecule is COCCOCCCOc1cc(NN)nc(C)n1. The summed E-state index contributed by atoms with van der Waals surface area (Å²) in [5, 5.41) is 0. The molecule has 0 radical (unpaired) electrons. The normalized spacial score (nSPS) is 10.4. The minimum Gasteiger partial charge on any atom is -0.477 e. The number of aryl methyl sites for hydroxylation is 1. The summed E-state index contributed by atoms with van der Waals surface area (Å²) in [5.74, 6) is 6.93. The lowest BCUT2D eigenvalue weighted by atomic mass is 10.5.